The van der Waals surface area contributed by atoms with Crippen molar-refractivity contribution in [3.8, 4) is 0 Å². The van der Waals surface area contributed by atoms with E-state index in [1.54, 1.807) is 6.08 Å². The summed E-state index contributed by atoms with van der Waals surface area (Å²) in [6, 6.07) is 0. The lowest BCUT2D eigenvalue weighted by Gasteiger charge is -2.34. The van der Waals surface area contributed by atoms with Crippen LogP contribution in [0.5, 0.6) is 0 Å². The SMILES string of the molecule is C=CCNC(=O)CN1CCN(CC(=O)OC(C)(C)C)CCN(CC(=O)OC(C)(C)C)CCN(CC(=O)OC(C)(C)C)CC1. The molecule has 1 fully saturated rings. The molecule has 1 aliphatic heterocycles. The van der Waals surface area contributed by atoms with Crippen LogP contribution in [0.1, 0.15) is 62.3 Å². The Morgan fingerprint density at radius 3 is 1.05 bits per heavy atom. The predicted octanol–water partition coefficient (Wildman–Crippen LogP) is 1.54. The first-order chi connectivity index (χ1) is 19.7. The summed E-state index contributed by atoms with van der Waals surface area (Å²) in [7, 11) is 0. The molecule has 12 nitrogen and oxygen atoms in total. The van der Waals surface area contributed by atoms with E-state index in [4.69, 9.17) is 14.2 Å². The molecule has 0 atom stereocenters. The van der Waals surface area contributed by atoms with E-state index >= 15 is 0 Å². The number of hydrogen-bond acceptors (Lipinski definition) is 11. The maximum Gasteiger partial charge on any atom is 0.320 e. The normalized spacial score (nSPS) is 17.7. The van der Waals surface area contributed by atoms with Crippen molar-refractivity contribution in [1.82, 2.24) is 24.9 Å². The summed E-state index contributed by atoms with van der Waals surface area (Å²) < 4.78 is 16.7. The Bertz CT molecular complexity index is 875. The molecule has 12 heteroatoms. The fraction of sp³-hybridized carbons (Fsp3) is 0.806. The molecule has 0 aromatic rings. The number of esters is 3. The molecule has 1 heterocycles. The molecule has 1 saturated heterocycles. The molecule has 248 valence electrons. The van der Waals surface area contributed by atoms with Crippen molar-refractivity contribution in [3.63, 3.8) is 0 Å². The van der Waals surface area contributed by atoms with E-state index in [2.05, 4.69) is 11.9 Å². The zero-order valence-corrected chi connectivity index (χ0v) is 28.1. The van der Waals surface area contributed by atoms with Gasteiger partial charge < -0.3 is 19.5 Å². The van der Waals surface area contributed by atoms with Crippen molar-refractivity contribution in [3.05, 3.63) is 12.7 Å². The third kappa shape index (κ3) is 20.1. The Balaban J connectivity index is 3.19. The second-order valence-corrected chi connectivity index (χ2v) is 14.0. The van der Waals surface area contributed by atoms with Crippen LogP contribution >= 0.6 is 0 Å². The molecule has 0 radical (unpaired) electrons. The third-order valence-corrected chi connectivity index (χ3v) is 6.06. The van der Waals surface area contributed by atoms with Gasteiger partial charge in [-0.05, 0) is 62.3 Å². The first kappa shape index (κ1) is 38.5. The van der Waals surface area contributed by atoms with Crippen LogP contribution < -0.4 is 5.32 Å². The van der Waals surface area contributed by atoms with E-state index in [-0.39, 0.29) is 50.0 Å². The van der Waals surface area contributed by atoms with Gasteiger partial charge in [0.25, 0.3) is 0 Å². The average molecular weight is 612 g/mol. The molecule has 1 aliphatic rings. The molecule has 1 amide bonds. The van der Waals surface area contributed by atoms with Crippen molar-refractivity contribution in [2.75, 3.05) is 85.1 Å². The summed E-state index contributed by atoms with van der Waals surface area (Å²) in [4.78, 5) is 58.8. The van der Waals surface area contributed by atoms with Crippen molar-refractivity contribution < 1.29 is 33.4 Å². The van der Waals surface area contributed by atoms with E-state index in [0.29, 0.717) is 58.9 Å². The van der Waals surface area contributed by atoms with Crippen LogP contribution in [-0.4, -0.2) is 145 Å². The number of amides is 1. The number of carbonyl (C=O) groups excluding carboxylic acids is 4. The molecule has 0 spiro atoms. The smallest absolute Gasteiger partial charge is 0.320 e. The van der Waals surface area contributed by atoms with Gasteiger partial charge in [0.15, 0.2) is 0 Å². The third-order valence-electron chi connectivity index (χ3n) is 6.06. The lowest BCUT2D eigenvalue weighted by molar-refractivity contribution is -0.158. The van der Waals surface area contributed by atoms with Gasteiger partial charge in [-0.2, -0.15) is 0 Å². The van der Waals surface area contributed by atoms with Crippen molar-refractivity contribution in [1.29, 1.82) is 0 Å². The predicted molar refractivity (Wildman–Crippen MR) is 167 cm³/mol. The number of nitrogens with zero attached hydrogens (tertiary/aromatic N) is 4. The van der Waals surface area contributed by atoms with Crippen molar-refractivity contribution in [2.24, 2.45) is 0 Å². The number of carbonyl (C=O) groups is 4. The zero-order chi connectivity index (χ0) is 32.8. The molecule has 1 N–H and O–H groups in total. The molecule has 43 heavy (non-hydrogen) atoms. The monoisotopic (exact) mass is 611 g/mol. The fourth-order valence-corrected chi connectivity index (χ4v) is 4.33. The minimum atomic E-state index is -0.615. The van der Waals surface area contributed by atoms with Gasteiger partial charge in [-0.15, -0.1) is 6.58 Å². The highest BCUT2D eigenvalue weighted by molar-refractivity contribution is 5.78. The van der Waals surface area contributed by atoms with Gasteiger partial charge in [0.1, 0.15) is 16.8 Å². The van der Waals surface area contributed by atoms with Crippen LogP contribution in [0, 0.1) is 0 Å². The van der Waals surface area contributed by atoms with E-state index in [9.17, 15) is 19.2 Å². The van der Waals surface area contributed by atoms with Gasteiger partial charge in [-0.1, -0.05) is 6.08 Å². The van der Waals surface area contributed by atoms with Gasteiger partial charge >= 0.3 is 17.9 Å². The molecular weight excluding hydrogens is 554 g/mol. The van der Waals surface area contributed by atoms with E-state index < -0.39 is 16.8 Å². The lowest BCUT2D eigenvalue weighted by Crippen LogP contribution is -2.50. The quantitative estimate of drug-likeness (QED) is 0.220. The van der Waals surface area contributed by atoms with Gasteiger partial charge in [0.05, 0.1) is 26.2 Å². The average Bonchev–Trinajstić information content (AvgIpc) is 2.80. The second kappa shape index (κ2) is 17.7. The summed E-state index contributed by atoms with van der Waals surface area (Å²) in [6.45, 7) is 24.9. The maximum atomic E-state index is 12.8. The van der Waals surface area contributed by atoms with Crippen molar-refractivity contribution >= 4 is 23.8 Å². The fourth-order valence-electron chi connectivity index (χ4n) is 4.33. The largest absolute Gasteiger partial charge is 0.459 e. The topological polar surface area (TPSA) is 121 Å². The molecule has 1 rings (SSSR count). The Kier molecular flexibility index (Phi) is 15.8. The molecule has 0 aromatic heterocycles. The number of hydrogen-bond donors (Lipinski definition) is 1. The Labute approximate surface area is 259 Å². The molecule has 0 aromatic carbocycles. The summed E-state index contributed by atoms with van der Waals surface area (Å²) in [5.41, 5.74) is -1.84. The minimum absolute atomic E-state index is 0.0768. The van der Waals surface area contributed by atoms with Crippen LogP contribution in [0.4, 0.5) is 0 Å². The first-order valence-electron chi connectivity index (χ1n) is 15.2. The molecule has 0 bridgehead atoms. The Morgan fingerprint density at radius 1 is 0.558 bits per heavy atom. The van der Waals surface area contributed by atoms with Gasteiger partial charge in [-0.3, -0.25) is 38.8 Å². The van der Waals surface area contributed by atoms with Crippen LogP contribution in [0.2, 0.25) is 0 Å². The van der Waals surface area contributed by atoms with Crippen LogP contribution in [-0.2, 0) is 33.4 Å². The van der Waals surface area contributed by atoms with E-state index in [1.807, 2.05) is 81.9 Å². The van der Waals surface area contributed by atoms with Crippen molar-refractivity contribution in [2.45, 2.75) is 79.1 Å². The van der Waals surface area contributed by atoms with Crippen LogP contribution in [0.3, 0.4) is 0 Å². The van der Waals surface area contributed by atoms with Gasteiger partial charge in [0, 0.05) is 58.9 Å². The van der Waals surface area contributed by atoms with E-state index in [1.165, 1.54) is 0 Å². The van der Waals surface area contributed by atoms with Crippen LogP contribution in [0.25, 0.3) is 0 Å². The standard InChI is InChI=1S/C31H57N5O7/c1-11-12-32-25(37)21-33-13-15-34(22-26(38)41-29(2,3)4)17-19-36(24-28(40)43-31(8,9)10)20-18-35(16-14-33)23-27(39)42-30(5,6)7/h11H,1,12-24H2,2-10H3,(H,32,37). The molecule has 0 unspecified atom stereocenters. The maximum absolute atomic E-state index is 12.8. The highest BCUT2D eigenvalue weighted by Crippen LogP contribution is 2.11. The molecular formula is C31H57N5O7. The lowest BCUT2D eigenvalue weighted by atomic mass is 10.2. The first-order valence-corrected chi connectivity index (χ1v) is 15.2. The summed E-state index contributed by atoms with van der Waals surface area (Å²) in [6.07, 6.45) is 1.63. The number of rotatable bonds is 10. The highest BCUT2D eigenvalue weighted by Gasteiger charge is 2.25. The minimum Gasteiger partial charge on any atom is -0.459 e. The van der Waals surface area contributed by atoms with Gasteiger partial charge in [0.2, 0.25) is 5.91 Å². The molecule has 0 aliphatic carbocycles. The number of nitrogens with one attached hydrogen (secondary N) is 1. The Morgan fingerprint density at radius 2 is 0.814 bits per heavy atom. The second-order valence-electron chi connectivity index (χ2n) is 14.0. The molecule has 0 saturated carbocycles. The summed E-state index contributed by atoms with van der Waals surface area (Å²) in [5.74, 6) is -1.14. The van der Waals surface area contributed by atoms with Crippen LogP contribution in [0.15, 0.2) is 12.7 Å². The number of ether oxygens (including phenoxy) is 3. The zero-order valence-electron chi connectivity index (χ0n) is 28.1. The van der Waals surface area contributed by atoms with E-state index in [0.717, 1.165) is 0 Å². The highest BCUT2D eigenvalue weighted by atomic mass is 16.6. The summed E-state index contributed by atoms with van der Waals surface area (Å²) in [5, 5.41) is 2.82. The Hall–Kier alpha value is -2.54. The summed E-state index contributed by atoms with van der Waals surface area (Å²) >= 11 is 0. The van der Waals surface area contributed by atoms with Gasteiger partial charge in [-0.25, -0.2) is 0 Å².